The Morgan fingerprint density at radius 2 is 1.21 bits per heavy atom. The minimum Gasteiger partial charge on any atom is -0.492 e. The summed E-state index contributed by atoms with van der Waals surface area (Å²) < 4.78 is 48.0. The minimum absolute atomic E-state index is 0.123. The number of hydrogen-bond acceptors (Lipinski definition) is 2. The first-order chi connectivity index (χ1) is 13.5. The molecule has 0 saturated carbocycles. The average molecular weight is 383 g/mol. The van der Waals surface area contributed by atoms with Gasteiger partial charge in [-0.1, -0.05) is 72.8 Å². The van der Waals surface area contributed by atoms with E-state index in [0.717, 1.165) is 0 Å². The lowest BCUT2D eigenvalue weighted by atomic mass is 9.89. The highest BCUT2D eigenvalue weighted by atomic mass is 19.4. The number of halogens is 3. The molecule has 0 unspecified atom stereocenters. The Labute approximate surface area is 162 Å². The fourth-order valence-electron chi connectivity index (χ4n) is 3.01. The summed E-state index contributed by atoms with van der Waals surface area (Å²) in [6, 6.07) is 23.1. The second-order valence-corrected chi connectivity index (χ2v) is 6.14. The molecule has 0 aromatic heterocycles. The van der Waals surface area contributed by atoms with E-state index >= 15 is 0 Å². The zero-order chi connectivity index (χ0) is 20.0. The van der Waals surface area contributed by atoms with Crippen molar-refractivity contribution in [2.24, 2.45) is 5.73 Å². The number of alkyl halides is 3. The Hall–Kier alpha value is -3.05. The SMILES string of the molecule is NCCOc1ccc(/C(=C(/c2ccccc2)C(F)(F)F)c2ccccc2)cc1. The van der Waals surface area contributed by atoms with Gasteiger partial charge in [0.15, 0.2) is 0 Å². The zero-order valence-electron chi connectivity index (χ0n) is 15.1. The molecule has 3 aromatic rings. The molecule has 0 atom stereocenters. The molecule has 0 fully saturated rings. The van der Waals surface area contributed by atoms with E-state index in [9.17, 15) is 13.2 Å². The third-order valence-electron chi connectivity index (χ3n) is 4.19. The van der Waals surface area contributed by atoms with E-state index in [0.29, 0.717) is 30.0 Å². The van der Waals surface area contributed by atoms with Crippen LogP contribution < -0.4 is 10.5 Å². The van der Waals surface area contributed by atoms with Crippen molar-refractivity contribution in [2.75, 3.05) is 13.2 Å². The molecule has 0 aliphatic heterocycles. The Morgan fingerprint density at radius 1 is 0.714 bits per heavy atom. The van der Waals surface area contributed by atoms with Crippen LogP contribution in [0.4, 0.5) is 13.2 Å². The number of rotatable bonds is 6. The summed E-state index contributed by atoms with van der Waals surface area (Å²) in [5.74, 6) is 0.565. The smallest absolute Gasteiger partial charge is 0.417 e. The van der Waals surface area contributed by atoms with E-state index in [1.807, 2.05) is 0 Å². The van der Waals surface area contributed by atoms with Gasteiger partial charge in [0.2, 0.25) is 0 Å². The van der Waals surface area contributed by atoms with Crippen LogP contribution in [0.1, 0.15) is 16.7 Å². The molecule has 0 heterocycles. The summed E-state index contributed by atoms with van der Waals surface area (Å²) in [4.78, 5) is 0. The van der Waals surface area contributed by atoms with Crippen LogP contribution in [0.2, 0.25) is 0 Å². The minimum atomic E-state index is -4.53. The van der Waals surface area contributed by atoms with Gasteiger partial charge in [0.05, 0.1) is 5.57 Å². The lowest BCUT2D eigenvalue weighted by Gasteiger charge is -2.20. The molecule has 2 N–H and O–H groups in total. The second-order valence-electron chi connectivity index (χ2n) is 6.14. The first kappa shape index (κ1) is 19.7. The monoisotopic (exact) mass is 383 g/mol. The van der Waals surface area contributed by atoms with Crippen LogP contribution in [0, 0.1) is 0 Å². The van der Waals surface area contributed by atoms with E-state index < -0.39 is 11.7 Å². The van der Waals surface area contributed by atoms with Gasteiger partial charge in [0.25, 0.3) is 0 Å². The van der Waals surface area contributed by atoms with Crippen molar-refractivity contribution in [2.45, 2.75) is 6.18 Å². The largest absolute Gasteiger partial charge is 0.492 e. The molecule has 3 aromatic carbocycles. The fraction of sp³-hybridized carbons (Fsp3) is 0.130. The van der Waals surface area contributed by atoms with Crippen LogP contribution in [-0.4, -0.2) is 19.3 Å². The Morgan fingerprint density at radius 3 is 1.71 bits per heavy atom. The fourth-order valence-corrected chi connectivity index (χ4v) is 3.01. The molecule has 0 aliphatic rings. The van der Waals surface area contributed by atoms with E-state index in [4.69, 9.17) is 10.5 Å². The molecular formula is C23H20F3NO. The molecule has 144 valence electrons. The van der Waals surface area contributed by atoms with Crippen LogP contribution in [-0.2, 0) is 0 Å². The quantitative estimate of drug-likeness (QED) is 0.567. The van der Waals surface area contributed by atoms with Gasteiger partial charge in [-0.05, 0) is 28.8 Å². The summed E-state index contributed by atoms with van der Waals surface area (Å²) in [6.07, 6.45) is -4.53. The first-order valence-electron chi connectivity index (χ1n) is 8.86. The maximum Gasteiger partial charge on any atom is 0.417 e. The molecule has 0 saturated heterocycles. The molecule has 5 heteroatoms. The summed E-state index contributed by atoms with van der Waals surface area (Å²) in [5.41, 5.74) is 5.96. The van der Waals surface area contributed by atoms with Crippen LogP contribution >= 0.6 is 0 Å². The van der Waals surface area contributed by atoms with Gasteiger partial charge >= 0.3 is 6.18 Å². The Kier molecular flexibility index (Phi) is 6.16. The van der Waals surface area contributed by atoms with Gasteiger partial charge < -0.3 is 10.5 Å². The van der Waals surface area contributed by atoms with Gasteiger partial charge in [-0.3, -0.25) is 0 Å². The van der Waals surface area contributed by atoms with E-state index in [1.165, 1.54) is 12.1 Å². The van der Waals surface area contributed by atoms with Gasteiger partial charge in [-0.2, -0.15) is 13.2 Å². The number of nitrogens with two attached hydrogens (primary N) is 1. The summed E-state index contributed by atoms with van der Waals surface area (Å²) in [5, 5.41) is 0. The molecule has 28 heavy (non-hydrogen) atoms. The lowest BCUT2D eigenvalue weighted by Crippen LogP contribution is -2.14. The maximum absolute atomic E-state index is 14.2. The summed E-state index contributed by atoms with van der Waals surface area (Å²) >= 11 is 0. The van der Waals surface area contributed by atoms with Crippen LogP contribution in [0.25, 0.3) is 11.1 Å². The molecule has 0 bridgehead atoms. The molecule has 2 nitrogen and oxygen atoms in total. The zero-order valence-corrected chi connectivity index (χ0v) is 15.1. The average Bonchev–Trinajstić information content (AvgIpc) is 2.71. The van der Waals surface area contributed by atoms with Gasteiger partial charge in [0.1, 0.15) is 12.4 Å². The van der Waals surface area contributed by atoms with Crippen molar-refractivity contribution in [3.05, 3.63) is 102 Å². The third-order valence-corrected chi connectivity index (χ3v) is 4.19. The van der Waals surface area contributed by atoms with Crippen molar-refractivity contribution in [3.63, 3.8) is 0 Å². The highest BCUT2D eigenvalue weighted by Crippen LogP contribution is 2.42. The number of ether oxygens (including phenoxy) is 1. The summed E-state index contributed by atoms with van der Waals surface area (Å²) in [6.45, 7) is 0.710. The van der Waals surface area contributed by atoms with E-state index in [-0.39, 0.29) is 11.1 Å². The normalized spacial score (nSPS) is 12.4. The van der Waals surface area contributed by atoms with Crippen molar-refractivity contribution < 1.29 is 17.9 Å². The molecule has 0 radical (unpaired) electrons. The Balaban J connectivity index is 2.22. The molecular weight excluding hydrogens is 363 g/mol. The predicted octanol–water partition coefficient (Wildman–Crippen LogP) is 5.55. The van der Waals surface area contributed by atoms with Crippen molar-refractivity contribution >= 4 is 11.1 Å². The lowest BCUT2D eigenvalue weighted by molar-refractivity contribution is -0.0685. The number of hydrogen-bond donors (Lipinski definition) is 1. The second kappa shape index (κ2) is 8.76. The van der Waals surface area contributed by atoms with Crippen molar-refractivity contribution in [1.29, 1.82) is 0 Å². The standard InChI is InChI=1S/C23H20F3NO/c24-23(25,26)22(19-9-5-2-6-10-19)21(17-7-3-1-4-8-17)18-11-13-20(14-12-18)28-16-15-27/h1-14H,15-16,27H2/b22-21-. The number of benzene rings is 3. The van der Waals surface area contributed by atoms with Crippen LogP contribution in [0.3, 0.4) is 0 Å². The first-order valence-corrected chi connectivity index (χ1v) is 8.86. The third kappa shape index (κ3) is 4.61. The van der Waals surface area contributed by atoms with Crippen molar-refractivity contribution in [3.8, 4) is 5.75 Å². The van der Waals surface area contributed by atoms with E-state index in [2.05, 4.69) is 0 Å². The summed E-state index contributed by atoms with van der Waals surface area (Å²) in [7, 11) is 0. The molecule has 3 rings (SSSR count). The van der Waals surface area contributed by atoms with Crippen LogP contribution in [0.15, 0.2) is 84.9 Å². The van der Waals surface area contributed by atoms with Gasteiger partial charge in [0, 0.05) is 12.1 Å². The van der Waals surface area contributed by atoms with E-state index in [1.54, 1.807) is 72.8 Å². The van der Waals surface area contributed by atoms with Crippen molar-refractivity contribution in [1.82, 2.24) is 0 Å². The highest BCUT2D eigenvalue weighted by Gasteiger charge is 2.38. The highest BCUT2D eigenvalue weighted by molar-refractivity contribution is 6.00. The molecule has 0 aliphatic carbocycles. The van der Waals surface area contributed by atoms with Gasteiger partial charge in [-0.15, -0.1) is 0 Å². The molecule has 0 amide bonds. The maximum atomic E-state index is 14.2. The Bertz CT molecular complexity index is 918. The van der Waals surface area contributed by atoms with Gasteiger partial charge in [-0.25, -0.2) is 0 Å². The predicted molar refractivity (Wildman–Crippen MR) is 106 cm³/mol. The number of allylic oxidation sites excluding steroid dienone is 1. The topological polar surface area (TPSA) is 35.2 Å². The molecule has 0 spiro atoms. The van der Waals surface area contributed by atoms with Crippen LogP contribution in [0.5, 0.6) is 5.75 Å².